The molecule has 3 nitrogen and oxygen atoms in total. The number of hydrogen-bond acceptors (Lipinski definition) is 3. The number of benzene rings is 2. The van der Waals surface area contributed by atoms with Crippen LogP contribution in [0, 0.1) is 5.92 Å². The Balaban J connectivity index is 2.01. The van der Waals surface area contributed by atoms with Crippen LogP contribution in [0.1, 0.15) is 19.4 Å². The molecule has 2 N–H and O–H groups in total. The van der Waals surface area contributed by atoms with E-state index in [1.165, 1.54) is 16.3 Å². The van der Waals surface area contributed by atoms with Gasteiger partial charge in [-0.3, -0.25) is 0 Å². The highest BCUT2D eigenvalue weighted by Gasteiger charge is 2.08. The largest absolute Gasteiger partial charge is 0.497 e. The van der Waals surface area contributed by atoms with Crippen LogP contribution < -0.4 is 10.1 Å². The maximum Gasteiger partial charge on any atom is 0.119 e. The SMILES string of the molecule is COc1ccc2cc(CNCC(O)C(C)C)ccc2c1. The van der Waals surface area contributed by atoms with Gasteiger partial charge in [0, 0.05) is 13.1 Å². The molecule has 0 spiro atoms. The van der Waals surface area contributed by atoms with Crippen molar-refractivity contribution in [1.29, 1.82) is 0 Å². The van der Waals surface area contributed by atoms with E-state index in [2.05, 4.69) is 29.6 Å². The quantitative estimate of drug-likeness (QED) is 0.850. The molecule has 2 aromatic rings. The molecule has 3 heteroatoms. The number of nitrogens with one attached hydrogen (secondary N) is 1. The van der Waals surface area contributed by atoms with Crippen molar-refractivity contribution in [3.05, 3.63) is 42.0 Å². The second-order valence-corrected chi connectivity index (χ2v) is 5.49. The van der Waals surface area contributed by atoms with Gasteiger partial charge in [-0.1, -0.05) is 32.0 Å². The highest BCUT2D eigenvalue weighted by atomic mass is 16.5. The average molecular weight is 273 g/mol. The van der Waals surface area contributed by atoms with Gasteiger partial charge in [-0.25, -0.2) is 0 Å². The molecule has 0 bridgehead atoms. The summed E-state index contributed by atoms with van der Waals surface area (Å²) < 4.78 is 5.23. The van der Waals surface area contributed by atoms with Crippen molar-refractivity contribution in [2.24, 2.45) is 5.92 Å². The fraction of sp³-hybridized carbons (Fsp3) is 0.412. The number of methoxy groups -OCH3 is 1. The molecule has 0 aliphatic carbocycles. The van der Waals surface area contributed by atoms with Crippen LogP contribution >= 0.6 is 0 Å². The highest BCUT2D eigenvalue weighted by Crippen LogP contribution is 2.21. The average Bonchev–Trinajstić information content (AvgIpc) is 2.46. The number of fused-ring (bicyclic) bond motifs is 1. The van der Waals surface area contributed by atoms with Gasteiger partial charge >= 0.3 is 0 Å². The summed E-state index contributed by atoms with van der Waals surface area (Å²) in [7, 11) is 1.68. The standard InChI is InChI=1S/C17H23NO2/c1-12(2)17(19)11-18-10-13-4-5-15-9-16(20-3)7-6-14(15)8-13/h4-9,12,17-19H,10-11H2,1-3H3. The summed E-state index contributed by atoms with van der Waals surface area (Å²) in [6, 6.07) is 12.5. The van der Waals surface area contributed by atoms with E-state index in [1.807, 2.05) is 26.0 Å². The van der Waals surface area contributed by atoms with E-state index in [0.29, 0.717) is 6.54 Å². The monoisotopic (exact) mass is 273 g/mol. The van der Waals surface area contributed by atoms with Gasteiger partial charge in [-0.05, 0) is 40.5 Å². The molecule has 0 aromatic heterocycles. The minimum Gasteiger partial charge on any atom is -0.497 e. The number of hydrogen-bond donors (Lipinski definition) is 2. The topological polar surface area (TPSA) is 41.5 Å². The van der Waals surface area contributed by atoms with Crippen molar-refractivity contribution < 1.29 is 9.84 Å². The summed E-state index contributed by atoms with van der Waals surface area (Å²) in [5.74, 6) is 1.16. The number of aliphatic hydroxyl groups excluding tert-OH is 1. The molecule has 0 aliphatic rings. The van der Waals surface area contributed by atoms with E-state index in [4.69, 9.17) is 4.74 Å². The molecule has 1 unspecified atom stereocenters. The van der Waals surface area contributed by atoms with Crippen molar-refractivity contribution in [2.75, 3.05) is 13.7 Å². The van der Waals surface area contributed by atoms with E-state index in [9.17, 15) is 5.11 Å². The molecule has 1 atom stereocenters. The predicted molar refractivity (Wildman–Crippen MR) is 83.1 cm³/mol. The Bertz CT molecular complexity index is 566. The van der Waals surface area contributed by atoms with Gasteiger partial charge in [0.2, 0.25) is 0 Å². The van der Waals surface area contributed by atoms with Gasteiger partial charge in [0.15, 0.2) is 0 Å². The second-order valence-electron chi connectivity index (χ2n) is 5.49. The minimum atomic E-state index is -0.292. The van der Waals surface area contributed by atoms with Crippen molar-refractivity contribution in [3.8, 4) is 5.75 Å². The molecule has 0 radical (unpaired) electrons. The molecule has 2 rings (SSSR count). The predicted octanol–water partition coefficient (Wildman–Crippen LogP) is 2.95. The van der Waals surface area contributed by atoms with E-state index in [1.54, 1.807) is 7.11 Å². The number of ether oxygens (including phenoxy) is 1. The van der Waals surface area contributed by atoms with Crippen LogP contribution in [0.25, 0.3) is 10.8 Å². The van der Waals surface area contributed by atoms with Gasteiger partial charge in [0.05, 0.1) is 13.2 Å². The zero-order chi connectivity index (χ0) is 14.5. The third-order valence-electron chi connectivity index (χ3n) is 3.56. The lowest BCUT2D eigenvalue weighted by Crippen LogP contribution is -2.30. The van der Waals surface area contributed by atoms with Crippen LogP contribution in [-0.2, 0) is 6.54 Å². The summed E-state index contributed by atoms with van der Waals surface area (Å²) in [6.45, 7) is 5.44. The Hall–Kier alpha value is -1.58. The van der Waals surface area contributed by atoms with Gasteiger partial charge in [-0.2, -0.15) is 0 Å². The molecule has 0 heterocycles. The lowest BCUT2D eigenvalue weighted by molar-refractivity contribution is 0.123. The first-order valence-corrected chi connectivity index (χ1v) is 7.05. The van der Waals surface area contributed by atoms with E-state index in [0.717, 1.165) is 12.3 Å². The first-order valence-electron chi connectivity index (χ1n) is 7.05. The Kier molecular flexibility index (Phi) is 4.99. The maximum absolute atomic E-state index is 9.76. The maximum atomic E-state index is 9.76. The van der Waals surface area contributed by atoms with Crippen LogP contribution in [0.15, 0.2) is 36.4 Å². The third kappa shape index (κ3) is 3.71. The van der Waals surface area contributed by atoms with Gasteiger partial charge in [0.25, 0.3) is 0 Å². The van der Waals surface area contributed by atoms with Crippen molar-refractivity contribution >= 4 is 10.8 Å². The van der Waals surface area contributed by atoms with Gasteiger partial charge in [-0.15, -0.1) is 0 Å². The lowest BCUT2D eigenvalue weighted by atomic mass is 10.1. The fourth-order valence-corrected chi connectivity index (χ4v) is 2.11. The first kappa shape index (κ1) is 14.8. The summed E-state index contributed by atoms with van der Waals surface area (Å²) in [5.41, 5.74) is 1.22. The van der Waals surface area contributed by atoms with E-state index >= 15 is 0 Å². The third-order valence-corrected chi connectivity index (χ3v) is 3.56. The normalized spacial score (nSPS) is 12.8. The Morgan fingerprint density at radius 1 is 1.10 bits per heavy atom. The fourth-order valence-electron chi connectivity index (χ4n) is 2.11. The van der Waals surface area contributed by atoms with Crippen LogP contribution in [0.5, 0.6) is 5.75 Å². The number of rotatable bonds is 6. The van der Waals surface area contributed by atoms with Crippen LogP contribution in [0.3, 0.4) is 0 Å². The molecular weight excluding hydrogens is 250 g/mol. The summed E-state index contributed by atoms with van der Waals surface area (Å²) >= 11 is 0. The molecule has 108 valence electrons. The molecule has 2 aromatic carbocycles. The van der Waals surface area contributed by atoms with Gasteiger partial charge < -0.3 is 15.2 Å². The smallest absolute Gasteiger partial charge is 0.119 e. The lowest BCUT2D eigenvalue weighted by Gasteiger charge is -2.15. The summed E-state index contributed by atoms with van der Waals surface area (Å²) in [6.07, 6.45) is -0.292. The van der Waals surface area contributed by atoms with Crippen LogP contribution in [-0.4, -0.2) is 24.9 Å². The van der Waals surface area contributed by atoms with Crippen LogP contribution in [0.2, 0.25) is 0 Å². The zero-order valence-electron chi connectivity index (χ0n) is 12.4. The Morgan fingerprint density at radius 2 is 1.80 bits per heavy atom. The van der Waals surface area contributed by atoms with Crippen molar-refractivity contribution in [3.63, 3.8) is 0 Å². The number of aliphatic hydroxyl groups is 1. The molecule has 0 aliphatic heterocycles. The Labute approximate surface area is 120 Å². The minimum absolute atomic E-state index is 0.284. The van der Waals surface area contributed by atoms with Gasteiger partial charge in [0.1, 0.15) is 5.75 Å². The van der Waals surface area contributed by atoms with Crippen molar-refractivity contribution in [1.82, 2.24) is 5.32 Å². The van der Waals surface area contributed by atoms with E-state index in [-0.39, 0.29) is 12.0 Å². The Morgan fingerprint density at radius 3 is 2.50 bits per heavy atom. The summed E-state index contributed by atoms with van der Waals surface area (Å²) in [4.78, 5) is 0. The zero-order valence-corrected chi connectivity index (χ0v) is 12.4. The molecule has 0 saturated heterocycles. The molecular formula is C17H23NO2. The first-order chi connectivity index (χ1) is 9.60. The van der Waals surface area contributed by atoms with E-state index < -0.39 is 0 Å². The highest BCUT2D eigenvalue weighted by molar-refractivity contribution is 5.84. The molecule has 0 amide bonds. The summed E-state index contributed by atoms with van der Waals surface area (Å²) in [5, 5.41) is 15.4. The second kappa shape index (κ2) is 6.73. The molecule has 0 saturated carbocycles. The van der Waals surface area contributed by atoms with Crippen molar-refractivity contribution in [2.45, 2.75) is 26.5 Å². The molecule has 20 heavy (non-hydrogen) atoms. The van der Waals surface area contributed by atoms with Crippen LogP contribution in [0.4, 0.5) is 0 Å². The molecule has 0 fully saturated rings.